The fourth-order valence-corrected chi connectivity index (χ4v) is 3.60. The summed E-state index contributed by atoms with van der Waals surface area (Å²) in [5.41, 5.74) is 0. The molecule has 1 amide bonds. The minimum atomic E-state index is 0.255. The molecule has 0 spiro atoms. The molecule has 6 nitrogen and oxygen atoms in total. The van der Waals surface area contributed by atoms with E-state index < -0.39 is 0 Å². The van der Waals surface area contributed by atoms with Gasteiger partial charge in [-0.2, -0.15) is 0 Å². The summed E-state index contributed by atoms with van der Waals surface area (Å²) in [5.74, 6) is 1.27. The van der Waals surface area contributed by atoms with Crippen molar-refractivity contribution in [3.63, 3.8) is 0 Å². The highest BCUT2D eigenvalue weighted by Crippen LogP contribution is 2.14. The van der Waals surface area contributed by atoms with Crippen LogP contribution in [0.3, 0.4) is 0 Å². The van der Waals surface area contributed by atoms with Crippen molar-refractivity contribution < 1.29 is 9.53 Å². The van der Waals surface area contributed by atoms with Gasteiger partial charge in [-0.1, -0.05) is 6.07 Å². The first-order chi connectivity index (χ1) is 11.6. The second kappa shape index (κ2) is 7.94. The van der Waals surface area contributed by atoms with Crippen LogP contribution in [0.5, 0.6) is 0 Å². The number of aromatic nitrogens is 1. The Labute approximate surface area is 144 Å². The number of anilines is 1. The zero-order chi connectivity index (χ0) is 16.9. The van der Waals surface area contributed by atoms with Crippen molar-refractivity contribution in [2.24, 2.45) is 0 Å². The molecule has 0 saturated carbocycles. The van der Waals surface area contributed by atoms with Gasteiger partial charge < -0.3 is 14.5 Å². The number of hydrogen-bond donors (Lipinski definition) is 0. The van der Waals surface area contributed by atoms with Crippen LogP contribution in [-0.4, -0.2) is 78.7 Å². The van der Waals surface area contributed by atoms with Gasteiger partial charge in [0.15, 0.2) is 0 Å². The highest BCUT2D eigenvalue weighted by Gasteiger charge is 2.25. The van der Waals surface area contributed by atoms with Crippen LogP contribution in [0.4, 0.5) is 5.82 Å². The number of pyridine rings is 1. The van der Waals surface area contributed by atoms with Crippen LogP contribution in [0.15, 0.2) is 24.4 Å². The molecule has 0 aromatic carbocycles. The van der Waals surface area contributed by atoms with Crippen LogP contribution in [-0.2, 0) is 9.53 Å². The van der Waals surface area contributed by atoms with Crippen molar-refractivity contribution >= 4 is 11.7 Å². The van der Waals surface area contributed by atoms with Crippen LogP contribution >= 0.6 is 0 Å². The smallest absolute Gasteiger partial charge is 0.223 e. The lowest BCUT2D eigenvalue weighted by Gasteiger charge is -2.37. The van der Waals surface area contributed by atoms with E-state index in [1.165, 1.54) is 0 Å². The van der Waals surface area contributed by atoms with Crippen molar-refractivity contribution in [1.29, 1.82) is 0 Å². The van der Waals surface area contributed by atoms with Crippen LogP contribution < -0.4 is 4.90 Å². The molecule has 2 aliphatic heterocycles. The van der Waals surface area contributed by atoms with Crippen molar-refractivity contribution in [3.8, 4) is 0 Å². The number of rotatable bonds is 4. The van der Waals surface area contributed by atoms with Gasteiger partial charge in [-0.15, -0.1) is 0 Å². The Hall–Kier alpha value is -1.66. The molecule has 0 radical (unpaired) electrons. The highest BCUT2D eigenvalue weighted by molar-refractivity contribution is 5.76. The average Bonchev–Trinajstić information content (AvgIpc) is 2.60. The van der Waals surface area contributed by atoms with Crippen molar-refractivity contribution in [3.05, 3.63) is 24.4 Å². The van der Waals surface area contributed by atoms with Gasteiger partial charge in [-0.05, 0) is 26.0 Å². The lowest BCUT2D eigenvalue weighted by atomic mass is 10.2. The van der Waals surface area contributed by atoms with E-state index in [4.69, 9.17) is 4.74 Å². The maximum Gasteiger partial charge on any atom is 0.223 e. The van der Waals surface area contributed by atoms with Gasteiger partial charge in [-0.3, -0.25) is 9.69 Å². The number of ether oxygens (including phenoxy) is 1. The van der Waals surface area contributed by atoms with Gasteiger partial charge >= 0.3 is 0 Å². The molecule has 0 N–H and O–H groups in total. The van der Waals surface area contributed by atoms with E-state index in [1.807, 2.05) is 29.3 Å². The van der Waals surface area contributed by atoms with Gasteiger partial charge in [0.1, 0.15) is 5.82 Å². The molecule has 24 heavy (non-hydrogen) atoms. The average molecular weight is 332 g/mol. The number of carbonyl (C=O) groups excluding carboxylic acids is 1. The molecule has 2 aliphatic rings. The van der Waals surface area contributed by atoms with Crippen LogP contribution in [0.1, 0.15) is 20.3 Å². The molecular weight excluding hydrogens is 304 g/mol. The highest BCUT2D eigenvalue weighted by atomic mass is 16.5. The molecule has 3 heterocycles. The van der Waals surface area contributed by atoms with Crippen molar-refractivity contribution in [2.45, 2.75) is 32.5 Å². The van der Waals surface area contributed by atoms with Crippen molar-refractivity contribution in [2.75, 3.05) is 50.7 Å². The largest absolute Gasteiger partial charge is 0.373 e. The topological polar surface area (TPSA) is 48.9 Å². The molecule has 1 aromatic heterocycles. The number of piperazine rings is 1. The predicted molar refractivity (Wildman–Crippen MR) is 94.1 cm³/mol. The van der Waals surface area contributed by atoms with Gasteiger partial charge in [0.2, 0.25) is 5.91 Å². The van der Waals surface area contributed by atoms with Gasteiger partial charge in [0.25, 0.3) is 0 Å². The number of hydrogen-bond acceptors (Lipinski definition) is 5. The summed E-state index contributed by atoms with van der Waals surface area (Å²) in [5, 5.41) is 0. The Bertz CT molecular complexity index is 521. The summed E-state index contributed by atoms with van der Waals surface area (Å²) in [4.78, 5) is 23.5. The summed E-state index contributed by atoms with van der Waals surface area (Å²) in [7, 11) is 0. The number of amides is 1. The first kappa shape index (κ1) is 17.2. The van der Waals surface area contributed by atoms with Gasteiger partial charge in [0, 0.05) is 58.4 Å². The Balaban J connectivity index is 1.42. The summed E-state index contributed by atoms with van der Waals surface area (Å²) in [6, 6.07) is 5.96. The van der Waals surface area contributed by atoms with E-state index in [-0.39, 0.29) is 18.1 Å². The van der Waals surface area contributed by atoms with Gasteiger partial charge in [-0.25, -0.2) is 4.98 Å². The second-order valence-electron chi connectivity index (χ2n) is 6.82. The predicted octanol–water partition coefficient (Wildman–Crippen LogP) is 1.23. The minimum Gasteiger partial charge on any atom is -0.373 e. The summed E-state index contributed by atoms with van der Waals surface area (Å²) < 4.78 is 5.74. The quantitative estimate of drug-likeness (QED) is 0.830. The summed E-state index contributed by atoms with van der Waals surface area (Å²) >= 11 is 0. The maximum atomic E-state index is 12.5. The molecule has 2 saturated heterocycles. The van der Waals surface area contributed by atoms with E-state index in [9.17, 15) is 4.79 Å². The first-order valence-electron chi connectivity index (χ1n) is 8.93. The van der Waals surface area contributed by atoms with E-state index in [0.29, 0.717) is 6.42 Å². The molecular formula is C18H28N4O2. The number of nitrogens with zero attached hydrogens (tertiary/aromatic N) is 4. The molecule has 2 atom stereocenters. The number of morpholine rings is 1. The van der Waals surface area contributed by atoms with Crippen LogP contribution in [0.2, 0.25) is 0 Å². The SMILES string of the molecule is CC1CN(CCC(=O)N2CCN(c3ccccn3)CC2)CC(C)O1. The Morgan fingerprint density at radius 2 is 1.88 bits per heavy atom. The fraction of sp³-hybridized carbons (Fsp3) is 0.667. The zero-order valence-electron chi connectivity index (χ0n) is 14.7. The van der Waals surface area contributed by atoms with E-state index in [2.05, 4.69) is 28.6 Å². The molecule has 132 valence electrons. The fourth-order valence-electron chi connectivity index (χ4n) is 3.60. The molecule has 2 fully saturated rings. The standard InChI is InChI=1S/C18H28N4O2/c1-15-13-20(14-16(2)24-15)8-6-18(23)22-11-9-21(10-12-22)17-5-3-4-7-19-17/h3-5,7,15-16H,6,8-14H2,1-2H3. The Morgan fingerprint density at radius 3 is 2.50 bits per heavy atom. The monoisotopic (exact) mass is 332 g/mol. The van der Waals surface area contributed by atoms with Crippen LogP contribution in [0.25, 0.3) is 0 Å². The Kier molecular flexibility index (Phi) is 5.68. The first-order valence-corrected chi connectivity index (χ1v) is 8.93. The molecule has 3 rings (SSSR count). The summed E-state index contributed by atoms with van der Waals surface area (Å²) in [6.07, 6.45) is 2.93. The van der Waals surface area contributed by atoms with Crippen LogP contribution in [0, 0.1) is 0 Å². The van der Waals surface area contributed by atoms with E-state index in [0.717, 1.165) is 51.6 Å². The van der Waals surface area contributed by atoms with Crippen molar-refractivity contribution in [1.82, 2.24) is 14.8 Å². The van der Waals surface area contributed by atoms with E-state index in [1.54, 1.807) is 0 Å². The third kappa shape index (κ3) is 4.45. The third-order valence-corrected chi connectivity index (χ3v) is 4.74. The second-order valence-corrected chi connectivity index (χ2v) is 6.82. The number of carbonyl (C=O) groups is 1. The van der Waals surface area contributed by atoms with Gasteiger partial charge in [0.05, 0.1) is 12.2 Å². The lowest BCUT2D eigenvalue weighted by molar-refractivity contribution is -0.132. The lowest BCUT2D eigenvalue weighted by Crippen LogP contribution is -2.50. The third-order valence-electron chi connectivity index (χ3n) is 4.74. The zero-order valence-corrected chi connectivity index (χ0v) is 14.7. The molecule has 1 aromatic rings. The molecule has 0 aliphatic carbocycles. The molecule has 2 unspecified atom stereocenters. The maximum absolute atomic E-state index is 12.5. The molecule has 0 bridgehead atoms. The summed E-state index contributed by atoms with van der Waals surface area (Å²) in [6.45, 7) is 10.1. The normalized spacial score (nSPS) is 25.8. The molecule has 6 heteroatoms. The Morgan fingerprint density at radius 1 is 1.17 bits per heavy atom. The minimum absolute atomic E-state index is 0.255. The van der Waals surface area contributed by atoms with E-state index >= 15 is 0 Å².